The Morgan fingerprint density at radius 1 is 0.404 bits per heavy atom. The van der Waals surface area contributed by atoms with Crippen LogP contribution in [0.5, 0.6) is 0 Å². The molecule has 0 bridgehead atoms. The van der Waals surface area contributed by atoms with Gasteiger partial charge in [-0.15, -0.1) is 0 Å². The second-order valence-electron chi connectivity index (χ2n) is 11.9. The van der Waals surface area contributed by atoms with Gasteiger partial charge in [-0.3, -0.25) is 4.98 Å². The molecule has 218 valence electrons. The molecule has 10 aromatic rings. The number of hydrogen-bond acceptors (Lipinski definition) is 5. The van der Waals surface area contributed by atoms with Crippen molar-refractivity contribution in [3.8, 4) is 34.2 Å². The van der Waals surface area contributed by atoms with Crippen LogP contribution in [0, 0.1) is 0 Å². The molecule has 0 fully saturated rings. The monoisotopic (exact) mass is 600 g/mol. The van der Waals surface area contributed by atoms with E-state index in [-0.39, 0.29) is 0 Å². The number of benzene rings is 7. The molecular formula is C42H24N4O. The molecule has 3 heterocycles. The van der Waals surface area contributed by atoms with Crippen LogP contribution in [0.4, 0.5) is 0 Å². The van der Waals surface area contributed by atoms with Gasteiger partial charge in [-0.2, -0.15) is 0 Å². The molecular weight excluding hydrogens is 576 g/mol. The van der Waals surface area contributed by atoms with Crippen molar-refractivity contribution in [1.82, 2.24) is 19.9 Å². The average Bonchev–Trinajstić information content (AvgIpc) is 3.53. The fourth-order valence-corrected chi connectivity index (χ4v) is 6.99. The van der Waals surface area contributed by atoms with Crippen molar-refractivity contribution < 1.29 is 4.42 Å². The Kier molecular flexibility index (Phi) is 5.51. The van der Waals surface area contributed by atoms with Gasteiger partial charge in [-0.05, 0) is 67.4 Å². The van der Waals surface area contributed by atoms with Gasteiger partial charge < -0.3 is 4.42 Å². The van der Waals surface area contributed by atoms with Crippen LogP contribution in [0.2, 0.25) is 0 Å². The first-order valence-electron chi connectivity index (χ1n) is 15.6. The van der Waals surface area contributed by atoms with Gasteiger partial charge >= 0.3 is 0 Å². The molecule has 47 heavy (non-hydrogen) atoms. The first-order chi connectivity index (χ1) is 23.3. The summed E-state index contributed by atoms with van der Waals surface area (Å²) in [5, 5.41) is 11.3. The minimum Gasteiger partial charge on any atom is -0.454 e. The average molecular weight is 601 g/mol. The third kappa shape index (κ3) is 4.03. The van der Waals surface area contributed by atoms with E-state index >= 15 is 0 Å². The number of rotatable bonds is 3. The molecule has 5 nitrogen and oxygen atoms in total. The van der Waals surface area contributed by atoms with E-state index in [2.05, 4.69) is 120 Å². The third-order valence-electron chi connectivity index (χ3n) is 9.19. The van der Waals surface area contributed by atoms with E-state index in [0.717, 1.165) is 54.8 Å². The van der Waals surface area contributed by atoms with Gasteiger partial charge in [0.05, 0.1) is 6.20 Å². The molecule has 7 aromatic carbocycles. The largest absolute Gasteiger partial charge is 0.454 e. The summed E-state index contributed by atoms with van der Waals surface area (Å²) in [4.78, 5) is 19.9. The van der Waals surface area contributed by atoms with E-state index in [0.29, 0.717) is 17.5 Å². The summed E-state index contributed by atoms with van der Waals surface area (Å²) in [5.41, 5.74) is 4.27. The molecule has 0 radical (unpaired) electrons. The van der Waals surface area contributed by atoms with Crippen LogP contribution in [0.1, 0.15) is 0 Å². The van der Waals surface area contributed by atoms with Crippen molar-refractivity contribution in [2.75, 3.05) is 0 Å². The van der Waals surface area contributed by atoms with Crippen molar-refractivity contribution in [2.45, 2.75) is 0 Å². The zero-order valence-electron chi connectivity index (χ0n) is 25.1. The summed E-state index contributed by atoms with van der Waals surface area (Å²) in [7, 11) is 0. The molecule has 0 saturated heterocycles. The standard InChI is InChI=1S/C42H24N4O/c1-2-10-27-22-28(17-16-25(27)8-1)40-44-41(34-14-7-15-37-39(34)33-20-21-43-24-38(33)47-37)46-42(45-40)36-23-35-29-11-4-3-9-26(29)18-19-32(35)30-12-5-6-13-31(30)36/h1-24H. The maximum Gasteiger partial charge on any atom is 0.164 e. The van der Waals surface area contributed by atoms with Crippen molar-refractivity contribution >= 4 is 65.0 Å². The summed E-state index contributed by atoms with van der Waals surface area (Å²) in [6.45, 7) is 0. The highest BCUT2D eigenvalue weighted by molar-refractivity contribution is 6.20. The molecule has 0 unspecified atom stereocenters. The molecule has 0 atom stereocenters. The van der Waals surface area contributed by atoms with Crippen LogP contribution in [-0.4, -0.2) is 19.9 Å². The molecule has 0 amide bonds. The van der Waals surface area contributed by atoms with Crippen LogP contribution >= 0.6 is 0 Å². The number of aromatic nitrogens is 4. The number of furan rings is 1. The topological polar surface area (TPSA) is 64.7 Å². The molecule has 5 heteroatoms. The van der Waals surface area contributed by atoms with Gasteiger partial charge in [0.25, 0.3) is 0 Å². The van der Waals surface area contributed by atoms with Gasteiger partial charge in [0.15, 0.2) is 23.1 Å². The Morgan fingerprint density at radius 2 is 1.11 bits per heavy atom. The zero-order chi connectivity index (χ0) is 30.9. The minimum atomic E-state index is 0.588. The van der Waals surface area contributed by atoms with Crippen LogP contribution in [0.25, 0.3) is 99.2 Å². The highest BCUT2D eigenvalue weighted by Crippen LogP contribution is 2.40. The highest BCUT2D eigenvalue weighted by Gasteiger charge is 2.20. The maximum absolute atomic E-state index is 6.21. The Hall–Kier alpha value is -6.46. The van der Waals surface area contributed by atoms with Gasteiger partial charge in [0, 0.05) is 33.7 Å². The maximum atomic E-state index is 6.21. The fraction of sp³-hybridized carbons (Fsp3) is 0. The van der Waals surface area contributed by atoms with E-state index < -0.39 is 0 Å². The SMILES string of the molecule is c1ccc2cc(-c3nc(-c4cc5c6ccccc6ccc5c5ccccc45)nc(-c4cccc5oc6cnccc6c45)n3)ccc2c1. The van der Waals surface area contributed by atoms with E-state index in [1.54, 1.807) is 12.4 Å². The minimum absolute atomic E-state index is 0.588. The Morgan fingerprint density at radius 3 is 2.00 bits per heavy atom. The number of hydrogen-bond donors (Lipinski definition) is 0. The summed E-state index contributed by atoms with van der Waals surface area (Å²) in [5.74, 6) is 1.82. The summed E-state index contributed by atoms with van der Waals surface area (Å²) < 4.78 is 6.21. The molecule has 0 N–H and O–H groups in total. The smallest absolute Gasteiger partial charge is 0.164 e. The van der Waals surface area contributed by atoms with Crippen molar-refractivity contribution in [2.24, 2.45) is 0 Å². The predicted octanol–water partition coefficient (Wildman–Crippen LogP) is 10.8. The van der Waals surface area contributed by atoms with E-state index in [9.17, 15) is 0 Å². The predicted molar refractivity (Wildman–Crippen MR) is 191 cm³/mol. The lowest BCUT2D eigenvalue weighted by Crippen LogP contribution is -2.01. The number of fused-ring (bicyclic) bond motifs is 9. The molecule has 0 saturated carbocycles. The summed E-state index contributed by atoms with van der Waals surface area (Å²) in [6.07, 6.45) is 3.54. The Bertz CT molecular complexity index is 2870. The summed E-state index contributed by atoms with van der Waals surface area (Å²) >= 11 is 0. The molecule has 3 aromatic heterocycles. The van der Waals surface area contributed by atoms with E-state index in [1.807, 2.05) is 18.2 Å². The Labute approximate surface area is 268 Å². The first kappa shape index (κ1) is 25.8. The lowest BCUT2D eigenvalue weighted by Gasteiger charge is -2.14. The van der Waals surface area contributed by atoms with Crippen molar-refractivity contribution in [1.29, 1.82) is 0 Å². The zero-order valence-corrected chi connectivity index (χ0v) is 25.1. The Balaban J connectivity index is 1.31. The van der Waals surface area contributed by atoms with Gasteiger partial charge in [-0.25, -0.2) is 15.0 Å². The third-order valence-corrected chi connectivity index (χ3v) is 9.19. The molecule has 0 aliphatic rings. The van der Waals surface area contributed by atoms with Gasteiger partial charge in [-0.1, -0.05) is 109 Å². The molecule has 10 rings (SSSR count). The highest BCUT2D eigenvalue weighted by atomic mass is 16.3. The summed E-state index contributed by atoms with van der Waals surface area (Å²) in [6, 6.07) is 46.5. The molecule has 0 spiro atoms. The second-order valence-corrected chi connectivity index (χ2v) is 11.9. The first-order valence-corrected chi connectivity index (χ1v) is 15.6. The van der Waals surface area contributed by atoms with Gasteiger partial charge in [0.2, 0.25) is 0 Å². The quantitative estimate of drug-likeness (QED) is 0.189. The van der Waals surface area contributed by atoms with Crippen LogP contribution in [-0.2, 0) is 0 Å². The van der Waals surface area contributed by atoms with Crippen molar-refractivity contribution in [3.05, 3.63) is 146 Å². The molecule has 0 aliphatic carbocycles. The molecule has 0 aliphatic heterocycles. The lowest BCUT2D eigenvalue weighted by molar-refractivity contribution is 0.667. The normalized spacial score (nSPS) is 11.8. The number of nitrogens with zero attached hydrogens (tertiary/aromatic N) is 4. The lowest BCUT2D eigenvalue weighted by atomic mass is 9.93. The van der Waals surface area contributed by atoms with E-state index in [4.69, 9.17) is 19.4 Å². The fourth-order valence-electron chi connectivity index (χ4n) is 6.99. The van der Waals surface area contributed by atoms with Crippen LogP contribution in [0.15, 0.2) is 150 Å². The van der Waals surface area contributed by atoms with Crippen LogP contribution < -0.4 is 0 Å². The van der Waals surface area contributed by atoms with Crippen LogP contribution in [0.3, 0.4) is 0 Å². The number of pyridine rings is 1. The van der Waals surface area contributed by atoms with Crippen molar-refractivity contribution in [3.63, 3.8) is 0 Å². The second kappa shape index (κ2) is 10.0. The van der Waals surface area contributed by atoms with E-state index in [1.165, 1.54) is 26.9 Å². The van der Waals surface area contributed by atoms with Gasteiger partial charge in [0.1, 0.15) is 5.58 Å².